The number of hydrogen-bond donors (Lipinski definition) is 2. The van der Waals surface area contributed by atoms with Crippen LogP contribution in [0.4, 0.5) is 17.1 Å². The highest BCUT2D eigenvalue weighted by Crippen LogP contribution is 2.33. The molecule has 1 aliphatic heterocycles. The summed E-state index contributed by atoms with van der Waals surface area (Å²) in [5.74, 6) is 0.354. The Hall–Kier alpha value is -1.91. The lowest BCUT2D eigenvalue weighted by Gasteiger charge is -2.34. The smallest absolute Gasteiger partial charge is 0.257 e. The van der Waals surface area contributed by atoms with Gasteiger partial charge in [0.15, 0.2) is 0 Å². The Bertz CT molecular complexity index is 838. The van der Waals surface area contributed by atoms with E-state index >= 15 is 0 Å². The SMILES string of the molecule is Cc1cc(N)c(NC(=O)c2ccc(Cl)cc2Cl)cc1N1CCC[C@@H](C)C1. The molecular weight excluding hydrogens is 369 g/mol. The van der Waals surface area contributed by atoms with E-state index in [2.05, 4.69) is 17.1 Å². The number of nitrogens with zero attached hydrogens (tertiary/aromatic N) is 1. The van der Waals surface area contributed by atoms with Gasteiger partial charge in [-0.2, -0.15) is 0 Å². The quantitative estimate of drug-likeness (QED) is 0.691. The van der Waals surface area contributed by atoms with E-state index in [1.54, 1.807) is 18.2 Å². The van der Waals surface area contributed by atoms with E-state index in [1.807, 2.05) is 19.1 Å². The summed E-state index contributed by atoms with van der Waals surface area (Å²) in [6.07, 6.45) is 2.43. The molecule has 4 nitrogen and oxygen atoms in total. The summed E-state index contributed by atoms with van der Waals surface area (Å²) in [5.41, 5.74) is 9.87. The Balaban J connectivity index is 1.87. The molecule has 0 spiro atoms. The third kappa shape index (κ3) is 4.08. The number of aryl methyl sites for hydroxylation is 1. The largest absolute Gasteiger partial charge is 0.397 e. The Morgan fingerprint density at radius 1 is 1.27 bits per heavy atom. The molecule has 1 aliphatic rings. The molecule has 2 aromatic rings. The lowest BCUT2D eigenvalue weighted by Crippen LogP contribution is -2.34. The highest BCUT2D eigenvalue weighted by Gasteiger charge is 2.20. The molecule has 1 amide bonds. The predicted molar refractivity (Wildman–Crippen MR) is 111 cm³/mol. The molecule has 2 aromatic carbocycles. The molecular formula is C20H23Cl2N3O. The van der Waals surface area contributed by atoms with Gasteiger partial charge in [-0.1, -0.05) is 30.1 Å². The molecule has 3 rings (SSSR count). The zero-order chi connectivity index (χ0) is 18.8. The van der Waals surface area contributed by atoms with Crippen LogP contribution in [0.2, 0.25) is 10.0 Å². The molecule has 0 unspecified atom stereocenters. The van der Waals surface area contributed by atoms with E-state index in [4.69, 9.17) is 28.9 Å². The van der Waals surface area contributed by atoms with Gasteiger partial charge in [0.1, 0.15) is 0 Å². The van der Waals surface area contributed by atoms with E-state index in [0.717, 1.165) is 24.3 Å². The van der Waals surface area contributed by atoms with Crippen molar-refractivity contribution in [3.63, 3.8) is 0 Å². The Morgan fingerprint density at radius 2 is 2.04 bits per heavy atom. The maximum atomic E-state index is 12.6. The average Bonchev–Trinajstić information content (AvgIpc) is 2.57. The fourth-order valence-electron chi connectivity index (χ4n) is 3.44. The summed E-state index contributed by atoms with van der Waals surface area (Å²) >= 11 is 12.0. The lowest BCUT2D eigenvalue weighted by atomic mass is 9.98. The molecule has 1 heterocycles. The first-order chi connectivity index (χ1) is 12.3. The molecule has 0 saturated carbocycles. The van der Waals surface area contributed by atoms with Gasteiger partial charge in [0, 0.05) is 23.8 Å². The number of nitrogens with one attached hydrogen (secondary N) is 1. The Kier molecular flexibility index (Phi) is 5.64. The molecule has 6 heteroatoms. The molecule has 3 N–H and O–H groups in total. The van der Waals surface area contributed by atoms with Crippen molar-refractivity contribution in [2.75, 3.05) is 29.0 Å². The van der Waals surface area contributed by atoms with Crippen LogP contribution in [0, 0.1) is 12.8 Å². The number of hydrogen-bond acceptors (Lipinski definition) is 3. The van der Waals surface area contributed by atoms with Crippen molar-refractivity contribution >= 4 is 46.2 Å². The second kappa shape index (κ2) is 7.77. The number of rotatable bonds is 3. The molecule has 1 atom stereocenters. The summed E-state index contributed by atoms with van der Waals surface area (Å²) in [7, 11) is 0. The molecule has 1 saturated heterocycles. The van der Waals surface area contributed by atoms with Crippen molar-refractivity contribution in [3.8, 4) is 0 Å². The molecule has 138 valence electrons. The minimum absolute atomic E-state index is 0.305. The summed E-state index contributed by atoms with van der Waals surface area (Å²) < 4.78 is 0. The maximum absolute atomic E-state index is 12.6. The highest BCUT2D eigenvalue weighted by molar-refractivity contribution is 6.37. The standard InChI is InChI=1S/C20H23Cl2N3O/c1-12-4-3-7-25(11-12)19-10-18(17(23)8-13(19)2)24-20(26)15-6-5-14(21)9-16(15)22/h5-6,8-10,12H,3-4,7,11,23H2,1-2H3,(H,24,26)/t12-/m1/s1. The minimum Gasteiger partial charge on any atom is -0.397 e. The van der Waals surface area contributed by atoms with Crippen molar-refractivity contribution in [1.29, 1.82) is 0 Å². The first-order valence-corrected chi connectivity index (χ1v) is 9.52. The molecule has 0 radical (unpaired) electrons. The van der Waals surface area contributed by atoms with Crippen LogP contribution >= 0.6 is 23.2 Å². The van der Waals surface area contributed by atoms with Crippen LogP contribution in [-0.4, -0.2) is 19.0 Å². The number of carbonyl (C=O) groups excluding carboxylic acids is 1. The number of piperidine rings is 1. The molecule has 0 aromatic heterocycles. The van der Waals surface area contributed by atoms with Crippen LogP contribution in [0.15, 0.2) is 30.3 Å². The van der Waals surface area contributed by atoms with Gasteiger partial charge in [-0.15, -0.1) is 0 Å². The molecule has 1 fully saturated rings. The fraction of sp³-hybridized carbons (Fsp3) is 0.350. The van der Waals surface area contributed by atoms with Crippen molar-refractivity contribution in [1.82, 2.24) is 0 Å². The van der Waals surface area contributed by atoms with Gasteiger partial charge in [-0.05, 0) is 61.6 Å². The van der Waals surface area contributed by atoms with Crippen LogP contribution in [0.3, 0.4) is 0 Å². The van der Waals surface area contributed by atoms with E-state index in [9.17, 15) is 4.79 Å². The zero-order valence-electron chi connectivity index (χ0n) is 15.0. The van der Waals surface area contributed by atoms with Gasteiger partial charge in [-0.25, -0.2) is 0 Å². The Labute approximate surface area is 164 Å². The second-order valence-corrected chi connectivity index (χ2v) is 7.84. The maximum Gasteiger partial charge on any atom is 0.257 e. The minimum atomic E-state index is -0.305. The van der Waals surface area contributed by atoms with Crippen molar-refractivity contribution < 1.29 is 4.79 Å². The molecule has 0 aliphatic carbocycles. The van der Waals surface area contributed by atoms with Crippen LogP contribution in [-0.2, 0) is 0 Å². The topological polar surface area (TPSA) is 58.4 Å². The van der Waals surface area contributed by atoms with Gasteiger partial charge in [-0.3, -0.25) is 4.79 Å². The third-order valence-corrected chi connectivity index (χ3v) is 5.34. The van der Waals surface area contributed by atoms with Crippen molar-refractivity contribution in [2.45, 2.75) is 26.7 Å². The number of nitrogen functional groups attached to an aromatic ring is 1. The number of carbonyl (C=O) groups is 1. The van der Waals surface area contributed by atoms with Crippen LogP contribution in [0.25, 0.3) is 0 Å². The third-order valence-electron chi connectivity index (χ3n) is 4.79. The van der Waals surface area contributed by atoms with Gasteiger partial charge in [0.2, 0.25) is 0 Å². The first kappa shape index (κ1) is 18.9. The molecule has 26 heavy (non-hydrogen) atoms. The predicted octanol–water partition coefficient (Wildman–Crippen LogP) is 5.37. The van der Waals surface area contributed by atoms with E-state index in [-0.39, 0.29) is 5.91 Å². The van der Waals surface area contributed by atoms with E-state index in [1.165, 1.54) is 12.8 Å². The molecule has 0 bridgehead atoms. The average molecular weight is 392 g/mol. The van der Waals surface area contributed by atoms with Gasteiger partial charge in [0.05, 0.1) is 22.0 Å². The fourth-order valence-corrected chi connectivity index (χ4v) is 3.93. The van der Waals surface area contributed by atoms with E-state index in [0.29, 0.717) is 32.9 Å². The van der Waals surface area contributed by atoms with E-state index < -0.39 is 0 Å². The van der Waals surface area contributed by atoms with Gasteiger partial charge in [0.25, 0.3) is 5.91 Å². The second-order valence-electron chi connectivity index (χ2n) is 7.00. The van der Waals surface area contributed by atoms with Crippen LogP contribution < -0.4 is 16.0 Å². The Morgan fingerprint density at radius 3 is 2.73 bits per heavy atom. The normalized spacial score (nSPS) is 17.2. The summed E-state index contributed by atoms with van der Waals surface area (Å²) in [4.78, 5) is 15.0. The number of halogens is 2. The highest BCUT2D eigenvalue weighted by atomic mass is 35.5. The van der Waals surface area contributed by atoms with Gasteiger partial charge >= 0.3 is 0 Å². The number of amides is 1. The number of nitrogens with two attached hydrogens (primary N) is 1. The summed E-state index contributed by atoms with van der Waals surface area (Å²) in [6.45, 7) is 6.35. The zero-order valence-corrected chi connectivity index (χ0v) is 16.5. The first-order valence-electron chi connectivity index (χ1n) is 8.76. The number of anilines is 3. The van der Waals surface area contributed by atoms with Crippen LogP contribution in [0.1, 0.15) is 35.7 Å². The lowest BCUT2D eigenvalue weighted by molar-refractivity contribution is 0.102. The monoisotopic (exact) mass is 391 g/mol. The summed E-state index contributed by atoms with van der Waals surface area (Å²) in [5, 5.41) is 3.69. The summed E-state index contributed by atoms with van der Waals surface area (Å²) in [6, 6.07) is 8.67. The van der Waals surface area contributed by atoms with Crippen molar-refractivity contribution in [3.05, 3.63) is 51.5 Å². The number of benzene rings is 2. The van der Waals surface area contributed by atoms with Gasteiger partial charge < -0.3 is 16.0 Å². The van der Waals surface area contributed by atoms with Crippen molar-refractivity contribution in [2.24, 2.45) is 5.92 Å². The van der Waals surface area contributed by atoms with Crippen LogP contribution in [0.5, 0.6) is 0 Å².